The molecule has 2 rings (SSSR count). The zero-order valence-corrected chi connectivity index (χ0v) is 14.0. The molecule has 1 atom stereocenters. The van der Waals surface area contributed by atoms with E-state index in [1.165, 1.54) is 0 Å². The van der Waals surface area contributed by atoms with Crippen LogP contribution in [-0.4, -0.2) is 11.9 Å². The molecule has 0 aliphatic rings. The number of nitriles is 1. The fraction of sp³-hybridized carbons (Fsp3) is 0.250. The summed E-state index contributed by atoms with van der Waals surface area (Å²) in [6.07, 6.45) is 0.465. The quantitative estimate of drug-likeness (QED) is 0.821. The van der Waals surface area contributed by atoms with Crippen LogP contribution in [0.15, 0.2) is 60.7 Å². The Morgan fingerprint density at radius 1 is 1.04 bits per heavy atom. The van der Waals surface area contributed by atoms with E-state index in [9.17, 15) is 9.59 Å². The first-order valence-corrected chi connectivity index (χ1v) is 8.14. The van der Waals surface area contributed by atoms with Gasteiger partial charge in [-0.05, 0) is 17.5 Å². The SMILES string of the molecule is CCC(C#N)C(=O)ONC(=O)CC(c1ccccc1)c1ccccc1. The van der Waals surface area contributed by atoms with Crippen LogP contribution in [0.25, 0.3) is 0 Å². The molecule has 0 bridgehead atoms. The third-order valence-electron chi connectivity index (χ3n) is 3.91. The lowest BCUT2D eigenvalue weighted by Gasteiger charge is -2.17. The maximum atomic E-state index is 12.2. The van der Waals surface area contributed by atoms with Gasteiger partial charge in [0.1, 0.15) is 5.92 Å². The van der Waals surface area contributed by atoms with Gasteiger partial charge < -0.3 is 4.84 Å². The fourth-order valence-corrected chi connectivity index (χ4v) is 2.51. The molecule has 2 aromatic carbocycles. The van der Waals surface area contributed by atoms with Gasteiger partial charge >= 0.3 is 5.97 Å². The van der Waals surface area contributed by atoms with Crippen LogP contribution in [0.3, 0.4) is 0 Å². The van der Waals surface area contributed by atoms with Crippen LogP contribution < -0.4 is 5.48 Å². The van der Waals surface area contributed by atoms with Gasteiger partial charge in [0.2, 0.25) is 0 Å². The number of carbonyl (C=O) groups excluding carboxylic acids is 2. The molecule has 5 nitrogen and oxygen atoms in total. The Balaban J connectivity index is 2.06. The van der Waals surface area contributed by atoms with Crippen molar-refractivity contribution in [3.05, 3.63) is 71.8 Å². The van der Waals surface area contributed by atoms with E-state index in [-0.39, 0.29) is 12.3 Å². The number of nitrogens with one attached hydrogen (secondary N) is 1. The molecule has 0 saturated heterocycles. The van der Waals surface area contributed by atoms with Crippen LogP contribution in [0.1, 0.15) is 36.8 Å². The van der Waals surface area contributed by atoms with Gasteiger partial charge in [-0.15, -0.1) is 0 Å². The minimum atomic E-state index is -0.876. The molecule has 1 amide bonds. The molecule has 0 aliphatic carbocycles. The van der Waals surface area contributed by atoms with Gasteiger partial charge in [0.05, 0.1) is 6.07 Å². The zero-order valence-electron chi connectivity index (χ0n) is 14.0. The molecular weight excluding hydrogens is 316 g/mol. The summed E-state index contributed by atoms with van der Waals surface area (Å²) in [5, 5.41) is 8.84. The molecule has 0 spiro atoms. The Morgan fingerprint density at radius 3 is 2.00 bits per heavy atom. The normalized spacial score (nSPS) is 11.4. The summed E-state index contributed by atoms with van der Waals surface area (Å²) >= 11 is 0. The van der Waals surface area contributed by atoms with Gasteiger partial charge in [-0.2, -0.15) is 10.7 Å². The fourth-order valence-electron chi connectivity index (χ4n) is 2.51. The van der Waals surface area contributed by atoms with Crippen molar-refractivity contribution in [3.63, 3.8) is 0 Å². The lowest BCUT2D eigenvalue weighted by Crippen LogP contribution is -2.31. The van der Waals surface area contributed by atoms with E-state index < -0.39 is 17.8 Å². The minimum absolute atomic E-state index is 0.130. The Labute approximate surface area is 147 Å². The number of rotatable bonds is 6. The highest BCUT2D eigenvalue weighted by Gasteiger charge is 2.21. The molecule has 0 radical (unpaired) electrons. The predicted octanol–water partition coefficient (Wildman–Crippen LogP) is 3.33. The molecule has 2 aromatic rings. The van der Waals surface area contributed by atoms with E-state index in [1.807, 2.05) is 66.7 Å². The van der Waals surface area contributed by atoms with E-state index in [4.69, 9.17) is 10.1 Å². The molecule has 0 saturated carbocycles. The molecule has 0 aromatic heterocycles. The molecule has 1 unspecified atom stereocenters. The van der Waals surface area contributed by atoms with E-state index in [0.717, 1.165) is 11.1 Å². The third kappa shape index (κ3) is 5.18. The van der Waals surface area contributed by atoms with Crippen molar-refractivity contribution in [2.24, 2.45) is 5.92 Å². The van der Waals surface area contributed by atoms with Crippen LogP contribution in [0.4, 0.5) is 0 Å². The van der Waals surface area contributed by atoms with E-state index in [0.29, 0.717) is 6.42 Å². The summed E-state index contributed by atoms with van der Waals surface area (Å²) in [5.41, 5.74) is 4.16. The number of carbonyl (C=O) groups is 2. The van der Waals surface area contributed by atoms with Crippen molar-refractivity contribution in [2.75, 3.05) is 0 Å². The molecule has 0 aliphatic heterocycles. The first-order valence-electron chi connectivity index (χ1n) is 8.14. The third-order valence-corrected chi connectivity index (χ3v) is 3.91. The highest BCUT2D eigenvalue weighted by molar-refractivity contribution is 5.80. The smallest absolute Gasteiger partial charge is 0.339 e. The molecular formula is C20H20N2O3. The maximum absolute atomic E-state index is 12.2. The van der Waals surface area contributed by atoms with Gasteiger partial charge in [-0.1, -0.05) is 67.6 Å². The molecule has 0 fully saturated rings. The van der Waals surface area contributed by atoms with Gasteiger partial charge in [0.25, 0.3) is 5.91 Å². The van der Waals surface area contributed by atoms with Crippen molar-refractivity contribution in [1.29, 1.82) is 5.26 Å². The van der Waals surface area contributed by atoms with E-state index in [1.54, 1.807) is 6.92 Å². The summed E-state index contributed by atoms with van der Waals surface area (Å²) in [6.45, 7) is 1.71. The molecule has 25 heavy (non-hydrogen) atoms. The largest absolute Gasteiger partial charge is 0.349 e. The van der Waals surface area contributed by atoms with Crippen LogP contribution in [0.2, 0.25) is 0 Å². The van der Waals surface area contributed by atoms with Gasteiger partial charge in [-0.25, -0.2) is 4.79 Å². The molecule has 1 N–H and O–H groups in total. The number of nitrogens with zero attached hydrogens (tertiary/aromatic N) is 1. The van der Waals surface area contributed by atoms with Crippen molar-refractivity contribution < 1.29 is 14.4 Å². The van der Waals surface area contributed by atoms with Crippen LogP contribution in [0.5, 0.6) is 0 Å². The van der Waals surface area contributed by atoms with Gasteiger partial charge in [0, 0.05) is 12.3 Å². The average molecular weight is 336 g/mol. The van der Waals surface area contributed by atoms with Crippen LogP contribution in [0, 0.1) is 17.2 Å². The summed E-state index contributed by atoms with van der Waals surface area (Å²) in [5.74, 6) is -2.19. The van der Waals surface area contributed by atoms with Gasteiger partial charge in [0.15, 0.2) is 0 Å². The number of amides is 1. The van der Waals surface area contributed by atoms with E-state index in [2.05, 4.69) is 5.48 Å². The summed E-state index contributed by atoms with van der Waals surface area (Å²) < 4.78 is 0. The lowest BCUT2D eigenvalue weighted by molar-refractivity contribution is -0.160. The molecule has 5 heteroatoms. The highest BCUT2D eigenvalue weighted by atomic mass is 16.7. The summed E-state index contributed by atoms with van der Waals surface area (Å²) in [4.78, 5) is 28.7. The van der Waals surface area contributed by atoms with Crippen molar-refractivity contribution in [1.82, 2.24) is 5.48 Å². The summed E-state index contributed by atoms with van der Waals surface area (Å²) in [7, 11) is 0. The second-order valence-corrected chi connectivity index (χ2v) is 5.61. The maximum Gasteiger partial charge on any atom is 0.349 e. The monoisotopic (exact) mass is 336 g/mol. The predicted molar refractivity (Wildman–Crippen MR) is 93.0 cm³/mol. The first kappa shape index (κ1) is 18.2. The standard InChI is InChI=1S/C20H20N2O3/c1-2-15(14-21)20(24)25-22-19(23)13-18(16-9-5-3-6-10-16)17-11-7-4-8-12-17/h3-12,15,18H,2,13H2,1H3,(H,22,23). The van der Waals surface area contributed by atoms with Crippen LogP contribution in [-0.2, 0) is 14.4 Å². The Bertz CT molecular complexity index is 699. The molecule has 128 valence electrons. The van der Waals surface area contributed by atoms with Crippen molar-refractivity contribution in [2.45, 2.75) is 25.7 Å². The number of hydrogen-bond donors (Lipinski definition) is 1. The Hall–Kier alpha value is -3.13. The average Bonchev–Trinajstić information content (AvgIpc) is 2.67. The van der Waals surface area contributed by atoms with E-state index >= 15 is 0 Å². The second kappa shape index (κ2) is 9.24. The number of hydrogen-bond acceptors (Lipinski definition) is 4. The number of hydroxylamine groups is 1. The zero-order chi connectivity index (χ0) is 18.1. The van der Waals surface area contributed by atoms with Crippen molar-refractivity contribution in [3.8, 4) is 6.07 Å². The topological polar surface area (TPSA) is 79.2 Å². The van der Waals surface area contributed by atoms with Crippen LogP contribution >= 0.6 is 0 Å². The Morgan fingerprint density at radius 2 is 1.56 bits per heavy atom. The Kier molecular flexibility index (Phi) is 6.73. The van der Waals surface area contributed by atoms with Gasteiger partial charge in [-0.3, -0.25) is 4.79 Å². The first-order chi connectivity index (χ1) is 12.2. The highest BCUT2D eigenvalue weighted by Crippen LogP contribution is 2.27. The summed E-state index contributed by atoms with van der Waals surface area (Å²) in [6, 6.07) is 21.2. The molecule has 0 heterocycles. The minimum Gasteiger partial charge on any atom is -0.339 e. The lowest BCUT2D eigenvalue weighted by atomic mass is 9.88. The second-order valence-electron chi connectivity index (χ2n) is 5.61. The van der Waals surface area contributed by atoms with Crippen molar-refractivity contribution >= 4 is 11.9 Å². The number of benzene rings is 2.